The fourth-order valence-electron chi connectivity index (χ4n) is 3.13. The van der Waals surface area contributed by atoms with E-state index in [1.807, 2.05) is 29.5 Å². The lowest BCUT2D eigenvalue weighted by Gasteiger charge is -2.15. The van der Waals surface area contributed by atoms with Gasteiger partial charge in [0.2, 0.25) is 0 Å². The molecule has 0 radical (unpaired) electrons. The molecule has 0 saturated carbocycles. The van der Waals surface area contributed by atoms with Gasteiger partial charge in [-0.25, -0.2) is 4.98 Å². The monoisotopic (exact) mass is 372 g/mol. The standard InChI is InChI=1S/C22H24N6/c1-17-4-6-21(12-19(17)14-27-11-9-23-16-27)25-26-22-7-5-18(2)20(13-22)15-28-10-3-8-24-28/h3-13,16,25-26H,14-15H2,1-2H3. The summed E-state index contributed by atoms with van der Waals surface area (Å²) in [5.41, 5.74) is 13.7. The van der Waals surface area contributed by atoms with Gasteiger partial charge in [-0.1, -0.05) is 12.1 Å². The predicted octanol–water partition coefficient (Wildman–Crippen LogP) is 4.23. The molecule has 0 unspecified atom stereocenters. The van der Waals surface area contributed by atoms with Crippen LogP contribution in [0.3, 0.4) is 0 Å². The molecular weight excluding hydrogens is 348 g/mol. The van der Waals surface area contributed by atoms with Crippen LogP contribution in [0.5, 0.6) is 0 Å². The molecule has 2 N–H and O–H groups in total. The van der Waals surface area contributed by atoms with E-state index >= 15 is 0 Å². The average Bonchev–Trinajstić information content (AvgIpc) is 3.39. The van der Waals surface area contributed by atoms with Gasteiger partial charge < -0.3 is 15.4 Å². The van der Waals surface area contributed by atoms with E-state index in [9.17, 15) is 0 Å². The number of rotatable bonds is 7. The lowest BCUT2D eigenvalue weighted by Crippen LogP contribution is -2.11. The van der Waals surface area contributed by atoms with E-state index < -0.39 is 0 Å². The van der Waals surface area contributed by atoms with Gasteiger partial charge in [0.05, 0.1) is 24.2 Å². The normalized spacial score (nSPS) is 10.8. The van der Waals surface area contributed by atoms with E-state index in [4.69, 9.17) is 0 Å². The van der Waals surface area contributed by atoms with Crippen LogP contribution in [0.2, 0.25) is 0 Å². The summed E-state index contributed by atoms with van der Waals surface area (Å²) in [4.78, 5) is 4.12. The van der Waals surface area contributed by atoms with Crippen LogP contribution in [0, 0.1) is 13.8 Å². The first-order chi connectivity index (χ1) is 13.7. The van der Waals surface area contributed by atoms with Gasteiger partial charge in [0, 0.05) is 31.3 Å². The van der Waals surface area contributed by atoms with Crippen molar-refractivity contribution < 1.29 is 0 Å². The van der Waals surface area contributed by atoms with Gasteiger partial charge in [0.1, 0.15) is 0 Å². The van der Waals surface area contributed by atoms with Crippen LogP contribution in [0.25, 0.3) is 0 Å². The minimum atomic E-state index is 0.758. The molecule has 2 aromatic carbocycles. The Kier molecular flexibility index (Phi) is 5.10. The Bertz CT molecular complexity index is 949. The maximum absolute atomic E-state index is 4.30. The third kappa shape index (κ3) is 4.23. The number of hydrogen-bond acceptors (Lipinski definition) is 4. The molecule has 142 valence electrons. The highest BCUT2D eigenvalue weighted by molar-refractivity contribution is 5.56. The number of nitrogens with one attached hydrogen (secondary N) is 2. The molecule has 4 aromatic rings. The summed E-state index contributed by atoms with van der Waals surface area (Å²) >= 11 is 0. The summed E-state index contributed by atoms with van der Waals surface area (Å²) in [6.07, 6.45) is 9.40. The van der Waals surface area contributed by atoms with Gasteiger partial charge in [-0.15, -0.1) is 0 Å². The molecule has 0 saturated heterocycles. The van der Waals surface area contributed by atoms with Crippen LogP contribution in [0.1, 0.15) is 22.3 Å². The Morgan fingerprint density at radius 2 is 1.50 bits per heavy atom. The van der Waals surface area contributed by atoms with Crippen LogP contribution >= 0.6 is 0 Å². The number of benzene rings is 2. The van der Waals surface area contributed by atoms with E-state index in [1.54, 1.807) is 12.4 Å². The maximum Gasteiger partial charge on any atom is 0.0949 e. The molecule has 0 aliphatic heterocycles. The lowest BCUT2D eigenvalue weighted by molar-refractivity contribution is 0.684. The number of nitrogens with zero attached hydrogens (tertiary/aromatic N) is 4. The Morgan fingerprint density at radius 3 is 2.07 bits per heavy atom. The summed E-state index contributed by atoms with van der Waals surface area (Å²) < 4.78 is 4.00. The number of aryl methyl sites for hydroxylation is 2. The number of hydrazine groups is 1. The van der Waals surface area contributed by atoms with Gasteiger partial charge in [0.15, 0.2) is 0 Å². The molecule has 0 atom stereocenters. The molecule has 6 nitrogen and oxygen atoms in total. The molecule has 0 amide bonds. The van der Waals surface area contributed by atoms with Crippen LogP contribution in [0.4, 0.5) is 11.4 Å². The minimum absolute atomic E-state index is 0.758. The van der Waals surface area contributed by atoms with Gasteiger partial charge in [-0.2, -0.15) is 5.10 Å². The third-order valence-corrected chi connectivity index (χ3v) is 4.85. The van der Waals surface area contributed by atoms with E-state index in [1.165, 1.54) is 22.3 Å². The molecule has 0 bridgehead atoms. The van der Waals surface area contributed by atoms with Gasteiger partial charge >= 0.3 is 0 Å². The summed E-state index contributed by atoms with van der Waals surface area (Å²) in [6, 6.07) is 14.7. The molecule has 0 aliphatic carbocycles. The first-order valence-electron chi connectivity index (χ1n) is 9.31. The number of aromatic nitrogens is 4. The molecule has 0 spiro atoms. The van der Waals surface area contributed by atoms with Gasteiger partial charge in [0.25, 0.3) is 0 Å². The Hall–Kier alpha value is -3.54. The predicted molar refractivity (Wildman–Crippen MR) is 112 cm³/mol. The highest BCUT2D eigenvalue weighted by atomic mass is 15.4. The van der Waals surface area contributed by atoms with Crippen LogP contribution in [0.15, 0.2) is 73.6 Å². The van der Waals surface area contributed by atoms with Crippen LogP contribution in [-0.2, 0) is 13.1 Å². The Labute approximate surface area is 164 Å². The van der Waals surface area contributed by atoms with Crippen molar-refractivity contribution >= 4 is 11.4 Å². The minimum Gasteiger partial charge on any atom is -0.333 e. The fraction of sp³-hybridized carbons (Fsp3) is 0.182. The van der Waals surface area contributed by atoms with Crippen molar-refractivity contribution in [3.8, 4) is 0 Å². The van der Waals surface area contributed by atoms with Crippen molar-refractivity contribution in [3.63, 3.8) is 0 Å². The summed E-state index contributed by atoms with van der Waals surface area (Å²) in [5.74, 6) is 0. The second kappa shape index (κ2) is 8.00. The first-order valence-corrected chi connectivity index (χ1v) is 9.31. The largest absolute Gasteiger partial charge is 0.333 e. The first kappa shape index (κ1) is 17.9. The molecule has 28 heavy (non-hydrogen) atoms. The molecule has 2 heterocycles. The maximum atomic E-state index is 4.30. The SMILES string of the molecule is Cc1ccc(NNc2ccc(C)c(Cn3cccn3)c2)cc1Cn1ccnc1. The summed E-state index contributed by atoms with van der Waals surface area (Å²) in [5, 5.41) is 4.30. The van der Waals surface area contributed by atoms with E-state index in [0.29, 0.717) is 0 Å². The highest BCUT2D eigenvalue weighted by Crippen LogP contribution is 2.19. The third-order valence-electron chi connectivity index (χ3n) is 4.85. The molecule has 0 fully saturated rings. The quantitative estimate of drug-likeness (QED) is 0.477. The van der Waals surface area contributed by atoms with Crippen molar-refractivity contribution in [3.05, 3.63) is 95.8 Å². The van der Waals surface area contributed by atoms with Crippen molar-refractivity contribution in [2.24, 2.45) is 0 Å². The van der Waals surface area contributed by atoms with Crippen LogP contribution in [-0.4, -0.2) is 19.3 Å². The average molecular weight is 372 g/mol. The molecule has 2 aromatic heterocycles. The van der Waals surface area contributed by atoms with E-state index in [-0.39, 0.29) is 0 Å². The van der Waals surface area contributed by atoms with Crippen molar-refractivity contribution in [2.75, 3.05) is 10.9 Å². The molecule has 6 heteroatoms. The lowest BCUT2D eigenvalue weighted by atomic mass is 10.1. The number of anilines is 2. The van der Waals surface area contributed by atoms with Crippen molar-refractivity contribution in [2.45, 2.75) is 26.9 Å². The topological polar surface area (TPSA) is 59.7 Å². The van der Waals surface area contributed by atoms with E-state index in [0.717, 1.165) is 24.5 Å². The zero-order chi connectivity index (χ0) is 19.3. The smallest absolute Gasteiger partial charge is 0.0949 e. The molecule has 4 rings (SSSR count). The number of hydrogen-bond donors (Lipinski definition) is 2. The van der Waals surface area contributed by atoms with Crippen molar-refractivity contribution in [1.29, 1.82) is 0 Å². The number of imidazole rings is 1. The van der Waals surface area contributed by atoms with Gasteiger partial charge in [-0.3, -0.25) is 4.68 Å². The Morgan fingerprint density at radius 1 is 0.821 bits per heavy atom. The van der Waals surface area contributed by atoms with E-state index in [2.05, 4.69) is 75.7 Å². The van der Waals surface area contributed by atoms with Crippen LogP contribution < -0.4 is 10.9 Å². The second-order valence-corrected chi connectivity index (χ2v) is 6.97. The molecule has 0 aliphatic rings. The zero-order valence-corrected chi connectivity index (χ0v) is 16.1. The summed E-state index contributed by atoms with van der Waals surface area (Å²) in [7, 11) is 0. The fourth-order valence-corrected chi connectivity index (χ4v) is 3.13. The summed E-state index contributed by atoms with van der Waals surface area (Å²) in [6.45, 7) is 5.82. The van der Waals surface area contributed by atoms with Crippen molar-refractivity contribution in [1.82, 2.24) is 19.3 Å². The zero-order valence-electron chi connectivity index (χ0n) is 16.1. The Balaban J connectivity index is 1.45. The molecular formula is C22H24N6. The van der Waals surface area contributed by atoms with Gasteiger partial charge in [-0.05, 0) is 66.4 Å². The highest BCUT2D eigenvalue weighted by Gasteiger charge is 2.04. The second-order valence-electron chi connectivity index (χ2n) is 6.97.